The number of aromatic amines is 1. The van der Waals surface area contributed by atoms with Gasteiger partial charge in [0.25, 0.3) is 0 Å². The molecule has 0 atom stereocenters. The van der Waals surface area contributed by atoms with Gasteiger partial charge in [-0.25, -0.2) is 8.42 Å². The van der Waals surface area contributed by atoms with Gasteiger partial charge in [-0.1, -0.05) is 18.6 Å². The summed E-state index contributed by atoms with van der Waals surface area (Å²) >= 11 is 5.38. The smallest absolute Gasteiger partial charge is 0.243 e. The second-order valence-corrected chi connectivity index (χ2v) is 9.41. The van der Waals surface area contributed by atoms with Gasteiger partial charge in [-0.05, 0) is 67.0 Å². The Morgan fingerprint density at radius 3 is 2.31 bits per heavy atom. The monoisotopic (exact) mass is 430 g/mol. The summed E-state index contributed by atoms with van der Waals surface area (Å²) in [6.45, 7) is 1.15. The highest BCUT2D eigenvalue weighted by Gasteiger charge is 2.25. The number of phenols is 1. The van der Waals surface area contributed by atoms with E-state index < -0.39 is 10.0 Å². The third kappa shape index (κ3) is 4.12. The molecule has 1 saturated heterocycles. The quantitative estimate of drug-likeness (QED) is 0.606. The minimum Gasteiger partial charge on any atom is -0.508 e. The number of hydrogen-bond acceptors (Lipinski definition) is 5. The minimum absolute atomic E-state index is 0.207. The van der Waals surface area contributed by atoms with Crippen LogP contribution in [0, 0.1) is 4.77 Å². The van der Waals surface area contributed by atoms with Gasteiger partial charge in [-0.2, -0.15) is 9.40 Å². The molecule has 0 saturated carbocycles. The average Bonchev–Trinajstić information content (AvgIpc) is 3.10. The molecule has 4 rings (SSSR count). The lowest BCUT2D eigenvalue weighted by atomic mass is 10.1. The molecule has 0 bridgehead atoms. The minimum atomic E-state index is -3.47. The number of rotatable bonds is 5. The first-order chi connectivity index (χ1) is 13.9. The SMILES string of the molecule is O=S(=O)(c1ccc(-n2c(Cc3ccc(O)cc3)n[nH]c2=S)cc1)N1CCCCC1. The molecule has 9 heteroatoms. The summed E-state index contributed by atoms with van der Waals surface area (Å²) in [7, 11) is -3.47. The predicted octanol–water partition coefficient (Wildman–Crippen LogP) is 3.40. The maximum Gasteiger partial charge on any atom is 0.243 e. The molecule has 1 aliphatic heterocycles. The summed E-state index contributed by atoms with van der Waals surface area (Å²) in [5, 5.41) is 16.6. The normalized spacial score (nSPS) is 15.4. The largest absolute Gasteiger partial charge is 0.508 e. The highest BCUT2D eigenvalue weighted by molar-refractivity contribution is 7.89. The number of nitrogens with one attached hydrogen (secondary N) is 1. The van der Waals surface area contributed by atoms with Crippen LogP contribution in [0.15, 0.2) is 53.4 Å². The highest BCUT2D eigenvalue weighted by Crippen LogP contribution is 2.23. The zero-order chi connectivity index (χ0) is 20.4. The Labute approximate surface area is 174 Å². The highest BCUT2D eigenvalue weighted by atomic mass is 32.2. The van der Waals surface area contributed by atoms with Crippen LogP contribution in [0.1, 0.15) is 30.7 Å². The molecule has 3 aromatic rings. The van der Waals surface area contributed by atoms with Gasteiger partial charge in [0.15, 0.2) is 4.77 Å². The molecule has 0 aliphatic carbocycles. The van der Waals surface area contributed by atoms with E-state index >= 15 is 0 Å². The predicted molar refractivity (Wildman–Crippen MR) is 112 cm³/mol. The lowest BCUT2D eigenvalue weighted by Crippen LogP contribution is -2.35. The molecular weight excluding hydrogens is 408 g/mol. The summed E-state index contributed by atoms with van der Waals surface area (Å²) in [5.41, 5.74) is 1.72. The van der Waals surface area contributed by atoms with E-state index in [9.17, 15) is 13.5 Å². The van der Waals surface area contributed by atoms with E-state index in [0.29, 0.717) is 35.0 Å². The van der Waals surface area contributed by atoms with Crippen LogP contribution in [-0.2, 0) is 16.4 Å². The Kier molecular flexibility index (Phi) is 5.53. The van der Waals surface area contributed by atoms with Gasteiger partial charge >= 0.3 is 0 Å². The van der Waals surface area contributed by atoms with Crippen LogP contribution in [0.2, 0.25) is 0 Å². The molecule has 152 valence electrons. The Morgan fingerprint density at radius 1 is 1.00 bits per heavy atom. The van der Waals surface area contributed by atoms with Crippen molar-refractivity contribution in [3.8, 4) is 11.4 Å². The van der Waals surface area contributed by atoms with Crippen LogP contribution < -0.4 is 0 Å². The first kappa shape index (κ1) is 19.8. The molecule has 2 heterocycles. The molecule has 2 aromatic carbocycles. The number of nitrogens with zero attached hydrogens (tertiary/aromatic N) is 3. The van der Waals surface area contributed by atoms with E-state index in [1.807, 2.05) is 12.1 Å². The molecule has 0 spiro atoms. The van der Waals surface area contributed by atoms with Crippen LogP contribution in [-0.4, -0.2) is 45.7 Å². The molecule has 7 nitrogen and oxygen atoms in total. The van der Waals surface area contributed by atoms with Crippen molar-refractivity contribution >= 4 is 22.2 Å². The van der Waals surface area contributed by atoms with Crippen molar-refractivity contribution in [2.45, 2.75) is 30.6 Å². The summed E-state index contributed by atoms with van der Waals surface area (Å²) in [6.07, 6.45) is 3.40. The molecule has 1 aliphatic rings. The Balaban J connectivity index is 1.62. The van der Waals surface area contributed by atoms with E-state index in [4.69, 9.17) is 12.2 Å². The maximum absolute atomic E-state index is 12.8. The van der Waals surface area contributed by atoms with Gasteiger partial charge in [0, 0.05) is 25.2 Å². The summed E-state index contributed by atoms with van der Waals surface area (Å²) in [5.74, 6) is 0.908. The van der Waals surface area contributed by atoms with Gasteiger partial charge < -0.3 is 5.11 Å². The fourth-order valence-corrected chi connectivity index (χ4v) is 5.31. The Hall–Kier alpha value is -2.49. The van der Waals surface area contributed by atoms with Crippen LogP contribution in [0.25, 0.3) is 5.69 Å². The summed E-state index contributed by atoms with van der Waals surface area (Å²) < 4.78 is 29.5. The zero-order valence-corrected chi connectivity index (χ0v) is 17.4. The first-order valence-electron chi connectivity index (χ1n) is 9.50. The third-order valence-corrected chi connectivity index (χ3v) is 7.27. The van der Waals surface area contributed by atoms with E-state index in [-0.39, 0.29) is 5.75 Å². The number of phenolic OH excluding ortho intramolecular Hbond substituents is 1. The van der Waals surface area contributed by atoms with Crippen LogP contribution in [0.3, 0.4) is 0 Å². The van der Waals surface area contributed by atoms with E-state index in [2.05, 4.69) is 10.2 Å². The van der Waals surface area contributed by atoms with Crippen molar-refractivity contribution in [3.63, 3.8) is 0 Å². The van der Waals surface area contributed by atoms with Crippen molar-refractivity contribution in [2.24, 2.45) is 0 Å². The van der Waals surface area contributed by atoms with Crippen molar-refractivity contribution in [1.29, 1.82) is 0 Å². The number of sulfonamides is 1. The number of aromatic nitrogens is 3. The average molecular weight is 431 g/mol. The molecular formula is C20H22N4O3S2. The molecule has 0 unspecified atom stereocenters. The van der Waals surface area contributed by atoms with E-state index in [0.717, 1.165) is 30.5 Å². The maximum atomic E-state index is 12.8. The fourth-order valence-electron chi connectivity index (χ4n) is 3.53. The van der Waals surface area contributed by atoms with Gasteiger partial charge in [0.2, 0.25) is 10.0 Å². The second kappa shape index (κ2) is 8.10. The Bertz CT molecular complexity index is 1140. The van der Waals surface area contributed by atoms with E-state index in [1.54, 1.807) is 45.3 Å². The van der Waals surface area contributed by atoms with Crippen molar-refractivity contribution in [1.82, 2.24) is 19.1 Å². The topological polar surface area (TPSA) is 91.2 Å². The van der Waals surface area contributed by atoms with Crippen molar-refractivity contribution in [3.05, 3.63) is 64.7 Å². The number of hydrogen-bond donors (Lipinski definition) is 2. The van der Waals surface area contributed by atoms with Crippen molar-refractivity contribution < 1.29 is 13.5 Å². The van der Waals surface area contributed by atoms with Crippen LogP contribution in [0.5, 0.6) is 5.75 Å². The number of benzene rings is 2. The van der Waals surface area contributed by atoms with Gasteiger partial charge in [0.1, 0.15) is 11.6 Å². The molecule has 2 N–H and O–H groups in total. The van der Waals surface area contributed by atoms with E-state index in [1.165, 1.54) is 0 Å². The number of piperidine rings is 1. The van der Waals surface area contributed by atoms with Gasteiger partial charge in [-0.3, -0.25) is 9.67 Å². The third-order valence-electron chi connectivity index (χ3n) is 5.09. The standard InChI is InChI=1S/C20H22N4O3S2/c25-17-8-4-15(5-9-17)14-19-21-22-20(28)24(19)16-6-10-18(11-7-16)29(26,27)23-12-2-1-3-13-23/h4-11,25H,1-3,12-14H2,(H,22,28). The molecule has 0 amide bonds. The summed E-state index contributed by atoms with van der Waals surface area (Å²) in [6, 6.07) is 13.7. The molecule has 29 heavy (non-hydrogen) atoms. The fraction of sp³-hybridized carbons (Fsp3) is 0.300. The van der Waals surface area contributed by atoms with Gasteiger partial charge in [-0.15, -0.1) is 0 Å². The molecule has 1 fully saturated rings. The second-order valence-electron chi connectivity index (χ2n) is 7.08. The van der Waals surface area contributed by atoms with Crippen LogP contribution in [0.4, 0.5) is 0 Å². The summed E-state index contributed by atoms with van der Waals surface area (Å²) in [4.78, 5) is 0.290. The van der Waals surface area contributed by atoms with Gasteiger partial charge in [0.05, 0.1) is 4.90 Å². The first-order valence-corrected chi connectivity index (χ1v) is 11.3. The molecule has 0 radical (unpaired) electrons. The molecule has 1 aromatic heterocycles. The number of H-pyrrole nitrogens is 1. The lowest BCUT2D eigenvalue weighted by molar-refractivity contribution is 0.346. The zero-order valence-electron chi connectivity index (χ0n) is 15.8. The van der Waals surface area contributed by atoms with Crippen LogP contribution >= 0.6 is 12.2 Å². The lowest BCUT2D eigenvalue weighted by Gasteiger charge is -2.25. The Morgan fingerprint density at radius 2 is 1.66 bits per heavy atom. The van der Waals surface area contributed by atoms with Crippen molar-refractivity contribution in [2.75, 3.05) is 13.1 Å². The number of aromatic hydroxyl groups is 1.